The molecule has 1 aromatic rings. The van der Waals surface area contributed by atoms with Crippen LogP contribution in [-0.4, -0.2) is 6.54 Å². The maximum absolute atomic E-state index is 13.4. The third-order valence-electron chi connectivity index (χ3n) is 3.22. The van der Waals surface area contributed by atoms with Crippen LogP contribution >= 0.6 is 0 Å². The van der Waals surface area contributed by atoms with E-state index in [4.69, 9.17) is 0 Å². The number of halogens is 1. The van der Waals surface area contributed by atoms with Gasteiger partial charge in [-0.1, -0.05) is 51.5 Å². The van der Waals surface area contributed by atoms with E-state index in [1.165, 1.54) is 44.6 Å². The number of unbranched alkanes of at least 4 members (excludes halogenated alkanes) is 6. The van der Waals surface area contributed by atoms with Crippen LogP contribution in [0.5, 0.6) is 0 Å². The normalized spacial score (nSPS) is 10.6. The SMILES string of the molecule is CCCCCCCCCNc1cc(C)ccc1F. The van der Waals surface area contributed by atoms with Gasteiger partial charge in [0.2, 0.25) is 0 Å². The zero-order valence-corrected chi connectivity index (χ0v) is 11.8. The minimum absolute atomic E-state index is 0.149. The quantitative estimate of drug-likeness (QED) is 0.587. The van der Waals surface area contributed by atoms with Gasteiger partial charge in [0.25, 0.3) is 0 Å². The molecule has 0 saturated carbocycles. The number of nitrogens with one attached hydrogen (secondary N) is 1. The molecule has 0 aliphatic heterocycles. The monoisotopic (exact) mass is 251 g/mol. The van der Waals surface area contributed by atoms with E-state index in [2.05, 4.69) is 12.2 Å². The first-order valence-electron chi connectivity index (χ1n) is 7.24. The van der Waals surface area contributed by atoms with Crippen molar-refractivity contribution in [3.8, 4) is 0 Å². The molecule has 1 N–H and O–H groups in total. The lowest BCUT2D eigenvalue weighted by atomic mass is 10.1. The van der Waals surface area contributed by atoms with E-state index in [0.717, 1.165) is 18.5 Å². The lowest BCUT2D eigenvalue weighted by Gasteiger charge is -2.08. The van der Waals surface area contributed by atoms with E-state index in [-0.39, 0.29) is 5.82 Å². The summed E-state index contributed by atoms with van der Waals surface area (Å²) in [6, 6.07) is 5.20. The molecular formula is C16H26FN. The van der Waals surface area contributed by atoms with Crippen molar-refractivity contribution >= 4 is 5.69 Å². The highest BCUT2D eigenvalue weighted by atomic mass is 19.1. The van der Waals surface area contributed by atoms with E-state index in [0.29, 0.717) is 5.69 Å². The Morgan fingerprint density at radius 2 is 1.67 bits per heavy atom. The molecule has 0 fully saturated rings. The summed E-state index contributed by atoms with van der Waals surface area (Å²) in [4.78, 5) is 0. The molecule has 1 aromatic carbocycles. The predicted octanol–water partition coefficient (Wildman–Crippen LogP) is 5.30. The second kappa shape index (κ2) is 8.96. The van der Waals surface area contributed by atoms with Crippen molar-refractivity contribution in [2.45, 2.75) is 58.8 Å². The Kier molecular flexibility index (Phi) is 7.47. The number of rotatable bonds is 9. The van der Waals surface area contributed by atoms with Crippen molar-refractivity contribution in [1.29, 1.82) is 0 Å². The average molecular weight is 251 g/mol. The predicted molar refractivity (Wildman–Crippen MR) is 77.6 cm³/mol. The minimum Gasteiger partial charge on any atom is -0.383 e. The summed E-state index contributed by atoms with van der Waals surface area (Å²) in [5.41, 5.74) is 1.74. The third kappa shape index (κ3) is 6.04. The number of benzene rings is 1. The van der Waals surface area contributed by atoms with Gasteiger partial charge >= 0.3 is 0 Å². The molecule has 0 saturated heterocycles. The van der Waals surface area contributed by atoms with E-state index in [9.17, 15) is 4.39 Å². The Hall–Kier alpha value is -1.05. The maximum Gasteiger partial charge on any atom is 0.146 e. The van der Waals surface area contributed by atoms with E-state index < -0.39 is 0 Å². The van der Waals surface area contributed by atoms with Gasteiger partial charge in [-0.2, -0.15) is 0 Å². The molecule has 1 nitrogen and oxygen atoms in total. The van der Waals surface area contributed by atoms with Crippen molar-refractivity contribution in [3.63, 3.8) is 0 Å². The zero-order chi connectivity index (χ0) is 13.2. The van der Waals surface area contributed by atoms with Gasteiger partial charge in [0.15, 0.2) is 0 Å². The summed E-state index contributed by atoms with van der Waals surface area (Å²) in [5, 5.41) is 3.18. The topological polar surface area (TPSA) is 12.0 Å². The number of anilines is 1. The molecule has 0 atom stereocenters. The second-order valence-electron chi connectivity index (χ2n) is 5.03. The Morgan fingerprint density at radius 1 is 1.00 bits per heavy atom. The molecule has 0 radical (unpaired) electrons. The fraction of sp³-hybridized carbons (Fsp3) is 0.625. The second-order valence-corrected chi connectivity index (χ2v) is 5.03. The van der Waals surface area contributed by atoms with Crippen LogP contribution in [-0.2, 0) is 0 Å². The lowest BCUT2D eigenvalue weighted by molar-refractivity contribution is 0.594. The van der Waals surface area contributed by atoms with Crippen LogP contribution in [0.1, 0.15) is 57.4 Å². The molecule has 0 bridgehead atoms. The van der Waals surface area contributed by atoms with Crippen LogP contribution in [0, 0.1) is 12.7 Å². The van der Waals surface area contributed by atoms with Crippen molar-refractivity contribution < 1.29 is 4.39 Å². The van der Waals surface area contributed by atoms with Gasteiger partial charge in [-0.25, -0.2) is 4.39 Å². The highest BCUT2D eigenvalue weighted by molar-refractivity contribution is 5.46. The van der Waals surface area contributed by atoms with Gasteiger partial charge in [0, 0.05) is 6.54 Å². The summed E-state index contributed by atoms with van der Waals surface area (Å²) < 4.78 is 13.4. The fourth-order valence-corrected chi connectivity index (χ4v) is 2.08. The average Bonchev–Trinajstić information content (AvgIpc) is 2.36. The van der Waals surface area contributed by atoms with Crippen molar-refractivity contribution in [3.05, 3.63) is 29.6 Å². The Bertz CT molecular complexity index is 336. The van der Waals surface area contributed by atoms with Crippen LogP contribution in [0.25, 0.3) is 0 Å². The van der Waals surface area contributed by atoms with Crippen LogP contribution < -0.4 is 5.32 Å². The van der Waals surface area contributed by atoms with Gasteiger partial charge in [0.1, 0.15) is 5.82 Å². The lowest BCUT2D eigenvalue weighted by Crippen LogP contribution is -2.03. The maximum atomic E-state index is 13.4. The van der Waals surface area contributed by atoms with Crippen molar-refractivity contribution in [2.24, 2.45) is 0 Å². The van der Waals surface area contributed by atoms with Crippen molar-refractivity contribution in [2.75, 3.05) is 11.9 Å². The standard InChI is InChI=1S/C16H26FN/c1-3-4-5-6-7-8-9-12-18-16-13-14(2)10-11-15(16)17/h10-11,13,18H,3-9,12H2,1-2H3. The van der Waals surface area contributed by atoms with Crippen molar-refractivity contribution in [1.82, 2.24) is 0 Å². The van der Waals surface area contributed by atoms with E-state index >= 15 is 0 Å². The summed E-state index contributed by atoms with van der Waals surface area (Å²) in [6.07, 6.45) is 9.02. The Labute approximate surface area is 111 Å². The molecule has 0 aromatic heterocycles. The zero-order valence-electron chi connectivity index (χ0n) is 11.8. The first-order chi connectivity index (χ1) is 8.74. The summed E-state index contributed by atoms with van der Waals surface area (Å²) in [6.45, 7) is 5.09. The Balaban J connectivity index is 2.09. The van der Waals surface area contributed by atoms with E-state index in [1.807, 2.05) is 13.0 Å². The van der Waals surface area contributed by atoms with Crippen LogP contribution in [0.2, 0.25) is 0 Å². The van der Waals surface area contributed by atoms with E-state index in [1.54, 1.807) is 6.07 Å². The number of hydrogen-bond donors (Lipinski definition) is 1. The molecule has 0 amide bonds. The fourth-order valence-electron chi connectivity index (χ4n) is 2.08. The molecule has 0 heterocycles. The van der Waals surface area contributed by atoms with Gasteiger partial charge in [0.05, 0.1) is 5.69 Å². The van der Waals surface area contributed by atoms with Crippen LogP contribution in [0.4, 0.5) is 10.1 Å². The smallest absolute Gasteiger partial charge is 0.146 e. The minimum atomic E-state index is -0.149. The Morgan fingerprint density at radius 3 is 2.39 bits per heavy atom. The molecule has 2 heteroatoms. The molecule has 0 unspecified atom stereocenters. The van der Waals surface area contributed by atoms with Gasteiger partial charge < -0.3 is 5.32 Å². The molecule has 102 valence electrons. The molecule has 1 rings (SSSR count). The molecule has 0 aliphatic rings. The largest absolute Gasteiger partial charge is 0.383 e. The van der Waals surface area contributed by atoms with Gasteiger partial charge in [-0.15, -0.1) is 0 Å². The van der Waals surface area contributed by atoms with Gasteiger partial charge in [-0.3, -0.25) is 0 Å². The summed E-state index contributed by atoms with van der Waals surface area (Å²) >= 11 is 0. The number of hydrogen-bond acceptors (Lipinski definition) is 1. The van der Waals surface area contributed by atoms with Crippen LogP contribution in [0.3, 0.4) is 0 Å². The molecule has 0 spiro atoms. The molecule has 18 heavy (non-hydrogen) atoms. The first-order valence-corrected chi connectivity index (χ1v) is 7.24. The molecular weight excluding hydrogens is 225 g/mol. The van der Waals surface area contributed by atoms with Gasteiger partial charge in [-0.05, 0) is 31.0 Å². The number of aryl methyl sites for hydroxylation is 1. The summed E-state index contributed by atoms with van der Waals surface area (Å²) in [7, 11) is 0. The highest BCUT2D eigenvalue weighted by Gasteiger charge is 2.00. The highest BCUT2D eigenvalue weighted by Crippen LogP contribution is 2.15. The van der Waals surface area contributed by atoms with Crippen LogP contribution in [0.15, 0.2) is 18.2 Å². The third-order valence-corrected chi connectivity index (χ3v) is 3.22. The first kappa shape index (κ1) is 15.0. The summed E-state index contributed by atoms with van der Waals surface area (Å²) in [5.74, 6) is -0.149. The molecule has 0 aliphatic carbocycles.